The Hall–Kier alpha value is -2.10. The van der Waals surface area contributed by atoms with Gasteiger partial charge >= 0.3 is 0 Å². The fourth-order valence-electron chi connectivity index (χ4n) is 2.51. The van der Waals surface area contributed by atoms with Crippen LogP contribution in [0, 0.1) is 0 Å². The molecule has 24 heavy (non-hydrogen) atoms. The minimum atomic E-state index is -4.31. The van der Waals surface area contributed by atoms with Gasteiger partial charge in [-0.2, -0.15) is 5.10 Å². The summed E-state index contributed by atoms with van der Waals surface area (Å²) >= 11 is 0. The molecule has 0 aliphatic heterocycles. The molecule has 1 fully saturated rings. The third-order valence-electron chi connectivity index (χ3n) is 3.72. The molecule has 1 aliphatic rings. The Labute approximate surface area is 135 Å². The molecule has 1 unspecified atom stereocenters. The van der Waals surface area contributed by atoms with Crippen molar-refractivity contribution in [1.82, 2.24) is 9.78 Å². The van der Waals surface area contributed by atoms with Gasteiger partial charge in [0.15, 0.2) is 5.69 Å². The number of hydrogen-bond donors (Lipinski definition) is 1. The third-order valence-corrected chi connectivity index (χ3v) is 5.16. The number of nitrogens with one attached hydrogen (secondary N) is 1. The minimum absolute atomic E-state index is 0.0301. The van der Waals surface area contributed by atoms with Crippen LogP contribution in [-0.2, 0) is 17.1 Å². The second-order valence-corrected chi connectivity index (χ2v) is 7.21. The molecule has 2 aromatic rings. The van der Waals surface area contributed by atoms with E-state index in [1.54, 1.807) is 0 Å². The van der Waals surface area contributed by atoms with Crippen LogP contribution in [0.25, 0.3) is 0 Å². The predicted molar refractivity (Wildman–Crippen MR) is 77.7 cm³/mol. The van der Waals surface area contributed by atoms with E-state index in [0.717, 1.165) is 10.9 Å². The van der Waals surface area contributed by atoms with E-state index in [1.165, 1.54) is 31.3 Å². The number of alkyl halides is 4. The Kier molecular flexibility index (Phi) is 3.82. The minimum Gasteiger partial charge on any atom is -0.276 e. The van der Waals surface area contributed by atoms with Gasteiger partial charge in [-0.25, -0.2) is 26.0 Å². The second-order valence-electron chi connectivity index (χ2n) is 5.56. The first-order chi connectivity index (χ1) is 11.1. The third kappa shape index (κ3) is 2.97. The first kappa shape index (κ1) is 16.7. The number of halogens is 4. The van der Waals surface area contributed by atoms with E-state index in [1.807, 2.05) is 4.72 Å². The lowest BCUT2D eigenvalue weighted by atomic mass is 10.1. The van der Waals surface area contributed by atoms with Crippen molar-refractivity contribution in [3.05, 3.63) is 41.7 Å². The smallest absolute Gasteiger partial charge is 0.276 e. The number of rotatable bonds is 5. The van der Waals surface area contributed by atoms with E-state index in [2.05, 4.69) is 5.10 Å². The summed E-state index contributed by atoms with van der Waals surface area (Å²) in [7, 11) is -2.95. The van der Waals surface area contributed by atoms with E-state index in [4.69, 9.17) is 0 Å². The average molecular weight is 363 g/mol. The number of aromatic nitrogens is 2. The highest BCUT2D eigenvalue weighted by atomic mass is 32.2. The first-order valence-electron chi connectivity index (χ1n) is 6.93. The highest BCUT2D eigenvalue weighted by Gasteiger charge is 2.58. The molecule has 0 bridgehead atoms. The largest absolute Gasteiger partial charge is 0.284 e. The summed E-state index contributed by atoms with van der Waals surface area (Å²) < 4.78 is 80.6. The summed E-state index contributed by atoms with van der Waals surface area (Å²) in [6.07, 6.45) is -2.32. The Morgan fingerprint density at radius 3 is 2.54 bits per heavy atom. The predicted octanol–water partition coefficient (Wildman–Crippen LogP) is 3.28. The van der Waals surface area contributed by atoms with Crippen LogP contribution in [0.3, 0.4) is 0 Å². The topological polar surface area (TPSA) is 64.0 Å². The van der Waals surface area contributed by atoms with E-state index in [-0.39, 0.29) is 16.1 Å². The van der Waals surface area contributed by atoms with Crippen LogP contribution in [0.2, 0.25) is 0 Å². The molecule has 1 saturated carbocycles. The van der Waals surface area contributed by atoms with Crippen LogP contribution in [0.4, 0.5) is 23.2 Å². The summed E-state index contributed by atoms with van der Waals surface area (Å²) in [5.41, 5.74) is -1.14. The lowest BCUT2D eigenvalue weighted by Crippen LogP contribution is -2.16. The van der Waals surface area contributed by atoms with Gasteiger partial charge in [0.25, 0.3) is 22.4 Å². The fourth-order valence-corrected chi connectivity index (χ4v) is 3.84. The highest BCUT2D eigenvalue weighted by Crippen LogP contribution is 2.56. The van der Waals surface area contributed by atoms with Gasteiger partial charge in [0.05, 0.1) is 16.5 Å². The molecule has 1 aromatic carbocycles. The van der Waals surface area contributed by atoms with Gasteiger partial charge in [-0.1, -0.05) is 18.2 Å². The van der Waals surface area contributed by atoms with Crippen LogP contribution in [0.15, 0.2) is 35.4 Å². The Bertz CT molecular complexity index is 880. The molecule has 10 heteroatoms. The molecule has 0 amide bonds. The van der Waals surface area contributed by atoms with Crippen molar-refractivity contribution in [2.24, 2.45) is 7.05 Å². The van der Waals surface area contributed by atoms with Gasteiger partial charge in [-0.3, -0.25) is 9.40 Å². The normalized spacial score (nSPS) is 19.5. The zero-order valence-electron chi connectivity index (χ0n) is 12.4. The summed E-state index contributed by atoms with van der Waals surface area (Å²) in [5, 5.41) is 3.50. The second kappa shape index (κ2) is 5.47. The van der Waals surface area contributed by atoms with E-state index >= 15 is 0 Å². The zero-order chi connectivity index (χ0) is 17.7. The molecular weight excluding hydrogens is 350 g/mol. The Balaban J connectivity index is 1.98. The van der Waals surface area contributed by atoms with Crippen LogP contribution < -0.4 is 4.72 Å². The lowest BCUT2D eigenvalue weighted by molar-refractivity contribution is 0.111. The summed E-state index contributed by atoms with van der Waals surface area (Å²) in [6.45, 7) is 0. The van der Waals surface area contributed by atoms with Crippen LogP contribution in [-0.4, -0.2) is 24.1 Å². The van der Waals surface area contributed by atoms with Gasteiger partial charge in [0.2, 0.25) is 0 Å². The number of hydrogen-bond acceptors (Lipinski definition) is 3. The maximum Gasteiger partial charge on any atom is 0.284 e. The van der Waals surface area contributed by atoms with Crippen molar-refractivity contribution in [3.8, 4) is 0 Å². The summed E-state index contributed by atoms with van der Waals surface area (Å²) in [6, 6.07) is 5.31. The van der Waals surface area contributed by atoms with Gasteiger partial charge in [0, 0.05) is 19.7 Å². The maximum absolute atomic E-state index is 13.3. The quantitative estimate of drug-likeness (QED) is 0.830. The molecule has 1 aromatic heterocycles. The standard InChI is InChI=1S/C14H13F4N3O2S/c1-21-7-10(12(19-21)13(15)16)20-24(22,23)11-5-3-2-4-8(11)9-6-14(9,17)18/h2-5,7,9,13,20H,6H2,1H3. The van der Waals surface area contributed by atoms with Gasteiger partial charge in [0.1, 0.15) is 0 Å². The molecule has 0 saturated heterocycles. The molecule has 3 rings (SSSR count). The number of nitrogens with zero attached hydrogens (tertiary/aromatic N) is 2. The molecule has 0 spiro atoms. The van der Waals surface area contributed by atoms with E-state index in [0.29, 0.717) is 0 Å². The van der Waals surface area contributed by atoms with Crippen molar-refractivity contribution >= 4 is 15.7 Å². The molecule has 5 nitrogen and oxygen atoms in total. The van der Waals surface area contributed by atoms with Gasteiger partial charge < -0.3 is 0 Å². The van der Waals surface area contributed by atoms with Crippen molar-refractivity contribution in [2.45, 2.75) is 29.6 Å². The molecule has 1 heterocycles. The van der Waals surface area contributed by atoms with Gasteiger partial charge in [-0.05, 0) is 11.6 Å². The van der Waals surface area contributed by atoms with Crippen molar-refractivity contribution in [2.75, 3.05) is 4.72 Å². The average Bonchev–Trinajstić information content (AvgIpc) is 2.96. The summed E-state index contributed by atoms with van der Waals surface area (Å²) in [4.78, 5) is -0.351. The maximum atomic E-state index is 13.3. The number of aryl methyl sites for hydroxylation is 1. The number of anilines is 1. The fraction of sp³-hybridized carbons (Fsp3) is 0.357. The van der Waals surface area contributed by atoms with Crippen LogP contribution >= 0.6 is 0 Å². The molecular formula is C14H13F4N3O2S. The lowest BCUT2D eigenvalue weighted by Gasteiger charge is -2.12. The summed E-state index contributed by atoms with van der Waals surface area (Å²) in [5.74, 6) is -4.14. The molecule has 130 valence electrons. The number of benzene rings is 1. The number of sulfonamides is 1. The van der Waals surface area contributed by atoms with Gasteiger partial charge in [-0.15, -0.1) is 0 Å². The Morgan fingerprint density at radius 1 is 1.33 bits per heavy atom. The zero-order valence-corrected chi connectivity index (χ0v) is 13.2. The van der Waals surface area contributed by atoms with E-state index < -0.39 is 40.4 Å². The highest BCUT2D eigenvalue weighted by molar-refractivity contribution is 7.92. The molecule has 1 atom stereocenters. The van der Waals surface area contributed by atoms with Crippen LogP contribution in [0.5, 0.6) is 0 Å². The monoisotopic (exact) mass is 363 g/mol. The van der Waals surface area contributed by atoms with Crippen molar-refractivity contribution in [3.63, 3.8) is 0 Å². The van der Waals surface area contributed by atoms with Crippen molar-refractivity contribution < 1.29 is 26.0 Å². The first-order valence-corrected chi connectivity index (χ1v) is 8.41. The molecule has 1 aliphatic carbocycles. The molecule has 1 N–H and O–H groups in total. The molecule has 0 radical (unpaired) electrons. The van der Waals surface area contributed by atoms with Crippen molar-refractivity contribution in [1.29, 1.82) is 0 Å². The SMILES string of the molecule is Cn1cc(NS(=O)(=O)c2ccccc2C2CC2(F)F)c(C(F)F)n1. The Morgan fingerprint density at radius 2 is 1.96 bits per heavy atom. The van der Waals surface area contributed by atoms with E-state index in [9.17, 15) is 26.0 Å². The van der Waals surface area contributed by atoms with Crippen LogP contribution in [0.1, 0.15) is 30.0 Å².